The van der Waals surface area contributed by atoms with E-state index >= 15 is 0 Å². The molecule has 0 aromatic heterocycles. The van der Waals surface area contributed by atoms with Crippen molar-refractivity contribution in [2.24, 2.45) is 5.92 Å². The van der Waals surface area contributed by atoms with Crippen LogP contribution in [0.25, 0.3) is 0 Å². The predicted octanol–water partition coefficient (Wildman–Crippen LogP) is 3.96. The maximum Gasteiger partial charge on any atom is 0.307 e. The molecule has 2 N–H and O–H groups in total. The van der Waals surface area contributed by atoms with Crippen molar-refractivity contribution in [1.29, 1.82) is 0 Å². The molecule has 160 valence electrons. The van der Waals surface area contributed by atoms with Crippen LogP contribution in [0, 0.1) is 5.92 Å². The molecule has 1 unspecified atom stereocenters. The van der Waals surface area contributed by atoms with E-state index in [1.807, 2.05) is 0 Å². The van der Waals surface area contributed by atoms with E-state index in [1.165, 1.54) is 6.92 Å². The zero-order valence-electron chi connectivity index (χ0n) is 17.3. The lowest BCUT2D eigenvalue weighted by atomic mass is 9.85. The fraction of sp³-hybridized carbons (Fsp3) is 0.333. The van der Waals surface area contributed by atoms with Crippen molar-refractivity contribution >= 4 is 34.9 Å². The van der Waals surface area contributed by atoms with Gasteiger partial charge in [0.15, 0.2) is 5.78 Å². The van der Waals surface area contributed by atoms with E-state index < -0.39 is 11.5 Å². The van der Waals surface area contributed by atoms with Crippen LogP contribution in [0.15, 0.2) is 48.5 Å². The summed E-state index contributed by atoms with van der Waals surface area (Å²) >= 11 is 0. The van der Waals surface area contributed by atoms with E-state index in [9.17, 15) is 19.2 Å². The van der Waals surface area contributed by atoms with Crippen LogP contribution in [0.1, 0.15) is 59.7 Å². The summed E-state index contributed by atoms with van der Waals surface area (Å²) in [5.41, 5.74) is 1.31. The second-order valence-corrected chi connectivity index (χ2v) is 8.16. The number of nitrogens with one attached hydrogen (secondary N) is 2. The predicted molar refractivity (Wildman–Crippen MR) is 115 cm³/mol. The topological polar surface area (TPSA) is 102 Å². The van der Waals surface area contributed by atoms with Crippen LogP contribution in [0.2, 0.25) is 0 Å². The van der Waals surface area contributed by atoms with Gasteiger partial charge in [0, 0.05) is 22.5 Å². The number of hydrogen-bond donors (Lipinski definition) is 2. The van der Waals surface area contributed by atoms with E-state index in [-0.39, 0.29) is 30.0 Å². The highest BCUT2D eigenvalue weighted by molar-refractivity contribution is 6.06. The number of anilines is 2. The van der Waals surface area contributed by atoms with Crippen molar-refractivity contribution in [3.8, 4) is 0 Å². The molecule has 1 saturated carbocycles. The summed E-state index contributed by atoms with van der Waals surface area (Å²) < 4.78 is 5.55. The van der Waals surface area contributed by atoms with Crippen molar-refractivity contribution in [2.45, 2.75) is 44.6 Å². The number of ether oxygens (including phenoxy) is 1. The number of rotatable bonds is 5. The Hall–Kier alpha value is -3.48. The van der Waals surface area contributed by atoms with Crippen LogP contribution < -0.4 is 10.6 Å². The van der Waals surface area contributed by atoms with Gasteiger partial charge >= 0.3 is 5.97 Å². The first kappa shape index (κ1) is 20.8. The maximum absolute atomic E-state index is 12.9. The van der Waals surface area contributed by atoms with Gasteiger partial charge in [-0.3, -0.25) is 19.2 Å². The molecule has 1 aliphatic heterocycles. The van der Waals surface area contributed by atoms with Gasteiger partial charge in [0.25, 0.3) is 5.91 Å². The zero-order valence-corrected chi connectivity index (χ0v) is 17.3. The molecule has 2 aromatic carbocycles. The lowest BCUT2D eigenvalue weighted by Crippen LogP contribution is -2.39. The van der Waals surface area contributed by atoms with E-state index in [4.69, 9.17) is 4.74 Å². The molecule has 7 nitrogen and oxygen atoms in total. The highest BCUT2D eigenvalue weighted by Crippen LogP contribution is 2.45. The summed E-state index contributed by atoms with van der Waals surface area (Å²) in [6, 6.07) is 13.3. The Bertz CT molecular complexity index is 1040. The first-order valence-corrected chi connectivity index (χ1v) is 10.4. The van der Waals surface area contributed by atoms with Gasteiger partial charge in [-0.05, 0) is 75.1 Å². The first-order valence-electron chi connectivity index (χ1n) is 10.4. The molecule has 4 rings (SSSR count). The Morgan fingerprint density at radius 1 is 0.935 bits per heavy atom. The lowest BCUT2D eigenvalue weighted by molar-refractivity contribution is -0.149. The molecule has 2 amide bonds. The molecule has 1 spiro atoms. The number of esters is 1. The summed E-state index contributed by atoms with van der Waals surface area (Å²) in [5.74, 6) is -1.48. The molecule has 1 atom stereocenters. The zero-order chi connectivity index (χ0) is 22.0. The average Bonchev–Trinajstić information content (AvgIpc) is 3.34. The van der Waals surface area contributed by atoms with E-state index in [2.05, 4.69) is 10.6 Å². The fourth-order valence-electron chi connectivity index (χ4n) is 4.41. The first-order chi connectivity index (χ1) is 14.9. The van der Waals surface area contributed by atoms with Crippen molar-refractivity contribution < 1.29 is 23.9 Å². The number of amides is 2. The van der Waals surface area contributed by atoms with Crippen LogP contribution in [0.5, 0.6) is 0 Å². The second-order valence-electron chi connectivity index (χ2n) is 8.16. The van der Waals surface area contributed by atoms with Gasteiger partial charge in [0.05, 0.1) is 12.3 Å². The summed E-state index contributed by atoms with van der Waals surface area (Å²) in [4.78, 5) is 48.8. The minimum Gasteiger partial charge on any atom is -0.458 e. The molecule has 1 heterocycles. The van der Waals surface area contributed by atoms with Gasteiger partial charge in [-0.1, -0.05) is 6.07 Å². The van der Waals surface area contributed by atoms with Gasteiger partial charge in [0.2, 0.25) is 5.91 Å². The Morgan fingerprint density at radius 3 is 2.32 bits per heavy atom. The average molecular weight is 420 g/mol. The summed E-state index contributed by atoms with van der Waals surface area (Å²) in [7, 11) is 0. The van der Waals surface area contributed by atoms with E-state index in [1.54, 1.807) is 48.5 Å². The number of carbonyl (C=O) groups excluding carboxylic acids is 4. The molecular formula is C24H24N2O5. The third-order valence-electron chi connectivity index (χ3n) is 6.03. The van der Waals surface area contributed by atoms with Crippen LogP contribution in [-0.4, -0.2) is 29.2 Å². The fourth-order valence-corrected chi connectivity index (χ4v) is 4.41. The largest absolute Gasteiger partial charge is 0.458 e. The molecule has 2 aromatic rings. The number of ketones is 1. The molecule has 0 radical (unpaired) electrons. The normalized spacial score (nSPS) is 19.1. The maximum atomic E-state index is 12.9. The third-order valence-corrected chi connectivity index (χ3v) is 6.03. The number of Topliss-reactive ketones (excluding diaryl/α,β-unsaturated/α-hetero) is 1. The van der Waals surface area contributed by atoms with Crippen LogP contribution >= 0.6 is 0 Å². The molecule has 31 heavy (non-hydrogen) atoms. The van der Waals surface area contributed by atoms with Crippen molar-refractivity contribution in [3.05, 3.63) is 59.7 Å². The minimum atomic E-state index is -0.678. The van der Waals surface area contributed by atoms with Gasteiger partial charge < -0.3 is 15.4 Å². The van der Waals surface area contributed by atoms with E-state index in [0.29, 0.717) is 35.3 Å². The standard InChI is InChI=1S/C24H24N2O5/c1-15(27)16-7-9-18(10-8-16)25-22(29)17-5-4-6-19(13-17)26-23(30)20-14-21(28)31-24(20)11-2-3-12-24/h4-10,13,20H,2-3,11-12,14H2,1H3,(H,25,29)(H,26,30). The lowest BCUT2D eigenvalue weighted by Gasteiger charge is -2.27. The molecule has 0 bridgehead atoms. The Morgan fingerprint density at radius 2 is 1.65 bits per heavy atom. The van der Waals surface area contributed by atoms with Crippen LogP contribution in [0.4, 0.5) is 11.4 Å². The summed E-state index contributed by atoms with van der Waals surface area (Å²) in [6.07, 6.45) is 3.39. The summed E-state index contributed by atoms with van der Waals surface area (Å²) in [6.45, 7) is 1.48. The van der Waals surface area contributed by atoms with Crippen LogP contribution in [-0.2, 0) is 14.3 Å². The quantitative estimate of drug-likeness (QED) is 0.563. The monoisotopic (exact) mass is 420 g/mol. The van der Waals surface area contributed by atoms with Gasteiger partial charge in [-0.15, -0.1) is 0 Å². The molecule has 7 heteroatoms. The van der Waals surface area contributed by atoms with Gasteiger partial charge in [-0.2, -0.15) is 0 Å². The van der Waals surface area contributed by atoms with E-state index in [0.717, 1.165) is 12.8 Å². The van der Waals surface area contributed by atoms with Crippen molar-refractivity contribution in [3.63, 3.8) is 0 Å². The number of benzene rings is 2. The molecular weight excluding hydrogens is 396 g/mol. The molecule has 1 aliphatic carbocycles. The molecule has 1 saturated heterocycles. The van der Waals surface area contributed by atoms with Gasteiger partial charge in [0.1, 0.15) is 5.60 Å². The molecule has 2 fully saturated rings. The van der Waals surface area contributed by atoms with Crippen LogP contribution in [0.3, 0.4) is 0 Å². The number of hydrogen-bond acceptors (Lipinski definition) is 5. The van der Waals surface area contributed by atoms with Crippen molar-refractivity contribution in [2.75, 3.05) is 10.6 Å². The van der Waals surface area contributed by atoms with Gasteiger partial charge in [-0.25, -0.2) is 0 Å². The minimum absolute atomic E-state index is 0.0462. The highest BCUT2D eigenvalue weighted by atomic mass is 16.6. The molecule has 2 aliphatic rings. The third kappa shape index (κ3) is 4.35. The summed E-state index contributed by atoms with van der Waals surface area (Å²) in [5, 5.41) is 5.62. The SMILES string of the molecule is CC(=O)c1ccc(NC(=O)c2cccc(NC(=O)C3CC(=O)OC34CCCC4)c2)cc1. The van der Waals surface area contributed by atoms with Crippen molar-refractivity contribution in [1.82, 2.24) is 0 Å². The smallest absolute Gasteiger partial charge is 0.307 e. The Balaban J connectivity index is 1.44. The number of carbonyl (C=O) groups is 4. The highest BCUT2D eigenvalue weighted by Gasteiger charge is 2.53. The Kier molecular flexibility index (Phi) is 5.59. The Labute approximate surface area is 180 Å². The second kappa shape index (κ2) is 8.34.